The van der Waals surface area contributed by atoms with E-state index in [2.05, 4.69) is 35.0 Å². The molecule has 0 spiro atoms. The van der Waals surface area contributed by atoms with E-state index in [4.69, 9.17) is 18.9 Å². The summed E-state index contributed by atoms with van der Waals surface area (Å²) in [6.07, 6.45) is 4.73. The highest BCUT2D eigenvalue weighted by Crippen LogP contribution is 2.55. The van der Waals surface area contributed by atoms with Crippen molar-refractivity contribution in [3.63, 3.8) is 0 Å². The molecule has 1 aliphatic carbocycles. The van der Waals surface area contributed by atoms with E-state index in [0.29, 0.717) is 29.8 Å². The van der Waals surface area contributed by atoms with Gasteiger partial charge in [-0.2, -0.15) is 0 Å². The minimum Gasteiger partial charge on any atom is -0.496 e. The molecule has 1 aromatic heterocycles. The first-order valence-electron chi connectivity index (χ1n) is 13.7. The topological polar surface area (TPSA) is 73.0 Å². The van der Waals surface area contributed by atoms with Crippen molar-refractivity contribution < 1.29 is 23.7 Å². The van der Waals surface area contributed by atoms with E-state index in [1.165, 1.54) is 12.0 Å². The van der Waals surface area contributed by atoms with Crippen LogP contribution in [0.2, 0.25) is 0 Å². The number of methoxy groups -OCH3 is 4. The van der Waals surface area contributed by atoms with Crippen molar-refractivity contribution in [3.05, 3.63) is 52.7 Å². The van der Waals surface area contributed by atoms with E-state index in [1.54, 1.807) is 28.4 Å². The zero-order valence-electron chi connectivity index (χ0n) is 23.1. The highest BCUT2D eigenvalue weighted by atomic mass is 16.5. The van der Waals surface area contributed by atoms with E-state index in [1.807, 2.05) is 12.1 Å². The van der Waals surface area contributed by atoms with Crippen molar-refractivity contribution in [1.82, 2.24) is 9.88 Å². The first-order valence-corrected chi connectivity index (χ1v) is 13.7. The second-order valence-corrected chi connectivity index (χ2v) is 11.2. The van der Waals surface area contributed by atoms with Gasteiger partial charge in [-0.3, -0.25) is 9.69 Å². The van der Waals surface area contributed by atoms with Crippen LogP contribution < -0.4 is 14.2 Å². The summed E-state index contributed by atoms with van der Waals surface area (Å²) in [6, 6.07) is 10.5. The molecule has 38 heavy (non-hydrogen) atoms. The molecule has 2 saturated heterocycles. The Morgan fingerprint density at radius 1 is 1.05 bits per heavy atom. The number of hydrogen-bond donors (Lipinski definition) is 1. The van der Waals surface area contributed by atoms with Crippen LogP contribution in [0.25, 0.3) is 10.9 Å². The minimum atomic E-state index is -0.655. The number of piperidine rings is 2. The molecule has 1 saturated carbocycles. The lowest BCUT2D eigenvalue weighted by molar-refractivity contribution is -0.162. The zero-order chi connectivity index (χ0) is 26.6. The summed E-state index contributed by atoms with van der Waals surface area (Å²) >= 11 is 0. The maximum Gasteiger partial charge on any atom is 0.319 e. The van der Waals surface area contributed by atoms with Gasteiger partial charge in [-0.25, -0.2) is 0 Å². The van der Waals surface area contributed by atoms with Crippen molar-refractivity contribution in [2.24, 2.45) is 11.8 Å². The number of carbonyl (C=O) groups is 1. The Hall–Kier alpha value is -3.19. The zero-order valence-corrected chi connectivity index (χ0v) is 23.1. The maximum absolute atomic E-state index is 13.8. The number of fused-ring (bicyclic) bond motifs is 4. The van der Waals surface area contributed by atoms with E-state index in [0.717, 1.165) is 65.8 Å². The molecule has 3 aromatic rings. The van der Waals surface area contributed by atoms with E-state index < -0.39 is 5.41 Å². The van der Waals surface area contributed by atoms with Crippen molar-refractivity contribution in [1.29, 1.82) is 0 Å². The summed E-state index contributed by atoms with van der Waals surface area (Å²) in [7, 11) is 6.57. The van der Waals surface area contributed by atoms with Crippen molar-refractivity contribution in [3.8, 4) is 17.2 Å². The van der Waals surface area contributed by atoms with E-state index in [-0.39, 0.29) is 12.0 Å². The molecule has 7 rings (SSSR count). The summed E-state index contributed by atoms with van der Waals surface area (Å²) in [5.41, 5.74) is 4.89. The summed E-state index contributed by atoms with van der Waals surface area (Å²) in [4.78, 5) is 20.1. The third-order valence-electron chi connectivity index (χ3n) is 9.40. The number of ether oxygens (including phenoxy) is 4. The van der Waals surface area contributed by atoms with E-state index in [9.17, 15) is 4.79 Å². The first-order chi connectivity index (χ1) is 18.5. The number of benzene rings is 2. The van der Waals surface area contributed by atoms with Crippen LogP contribution in [0.3, 0.4) is 0 Å². The van der Waals surface area contributed by atoms with Crippen LogP contribution in [0.1, 0.15) is 48.6 Å². The SMILES string of the molecule is CC[C@@H]1C[C@@H]2CN3CCc4c([nH]c5cc(Cc6ccc(OC)c(OC)c6)c(OC)cc45)C(C(=O)OC)(C2)C13. The lowest BCUT2D eigenvalue weighted by atomic mass is 9.56. The number of aromatic nitrogens is 1. The largest absolute Gasteiger partial charge is 0.496 e. The van der Waals surface area contributed by atoms with Crippen LogP contribution in [0.15, 0.2) is 30.3 Å². The molecule has 1 N–H and O–H groups in total. The van der Waals surface area contributed by atoms with Gasteiger partial charge in [0, 0.05) is 47.7 Å². The molecule has 5 atom stereocenters. The molecule has 2 aromatic carbocycles. The van der Waals surface area contributed by atoms with Crippen LogP contribution in [0, 0.1) is 11.8 Å². The fourth-order valence-electron chi connectivity index (χ4n) is 7.93. The van der Waals surface area contributed by atoms with Crippen molar-refractivity contribution >= 4 is 16.9 Å². The van der Waals surface area contributed by atoms with Gasteiger partial charge in [0.25, 0.3) is 0 Å². The number of H-pyrrole nitrogens is 1. The van der Waals surface area contributed by atoms with Gasteiger partial charge in [-0.05, 0) is 66.5 Å². The third kappa shape index (κ3) is 3.62. The number of carbonyl (C=O) groups excluding carboxylic acids is 1. The molecule has 7 nitrogen and oxygen atoms in total. The van der Waals surface area contributed by atoms with Gasteiger partial charge < -0.3 is 23.9 Å². The summed E-state index contributed by atoms with van der Waals surface area (Å²) in [6.45, 7) is 4.31. The number of nitrogens with zero attached hydrogens (tertiary/aromatic N) is 1. The third-order valence-corrected chi connectivity index (χ3v) is 9.40. The summed E-state index contributed by atoms with van der Waals surface area (Å²) < 4.78 is 22.4. The molecule has 3 aliphatic heterocycles. The van der Waals surface area contributed by atoms with Gasteiger partial charge in [0.15, 0.2) is 11.5 Å². The average molecular weight is 519 g/mol. The number of esters is 1. The van der Waals surface area contributed by atoms with Crippen molar-refractivity contribution in [2.75, 3.05) is 41.5 Å². The van der Waals surface area contributed by atoms with Crippen LogP contribution >= 0.6 is 0 Å². The minimum absolute atomic E-state index is 0.0948. The van der Waals surface area contributed by atoms with Gasteiger partial charge >= 0.3 is 5.97 Å². The Kier molecular flexibility index (Phi) is 6.29. The molecular formula is C31H38N2O5. The smallest absolute Gasteiger partial charge is 0.319 e. The van der Waals surface area contributed by atoms with Crippen LogP contribution in [-0.2, 0) is 27.8 Å². The fourth-order valence-corrected chi connectivity index (χ4v) is 7.93. The standard InChI is InChI=1S/C31H38N2O5/c1-6-20-12-19-16-31(30(34)38-5)28-22(9-10-33(17-19)29(20)31)23-15-26(36-3)21(14-24(23)32-28)11-18-7-8-25(35-2)27(13-18)37-4/h7-8,13-15,19-20,29,32H,6,9-12,16-17H2,1-5H3/t19-,20+,29?,31?/m0/s1. The van der Waals surface area contributed by atoms with Gasteiger partial charge in [0.1, 0.15) is 11.2 Å². The molecule has 3 unspecified atom stereocenters. The highest BCUT2D eigenvalue weighted by molar-refractivity contribution is 5.93. The van der Waals surface area contributed by atoms with Gasteiger partial charge in [0.05, 0.1) is 28.4 Å². The second-order valence-electron chi connectivity index (χ2n) is 11.2. The fraction of sp³-hybridized carbons (Fsp3) is 0.516. The highest BCUT2D eigenvalue weighted by Gasteiger charge is 2.62. The summed E-state index contributed by atoms with van der Waals surface area (Å²) in [5.74, 6) is 3.18. The molecule has 0 radical (unpaired) electrons. The molecule has 4 aliphatic rings. The lowest BCUT2D eigenvalue weighted by Crippen LogP contribution is -2.67. The normalized spacial score (nSPS) is 27.5. The van der Waals surface area contributed by atoms with Crippen LogP contribution in [-0.4, -0.2) is 63.4 Å². The quantitative estimate of drug-likeness (QED) is 0.450. The van der Waals surface area contributed by atoms with Gasteiger partial charge in [-0.1, -0.05) is 19.4 Å². The van der Waals surface area contributed by atoms with Gasteiger partial charge in [-0.15, -0.1) is 0 Å². The summed E-state index contributed by atoms with van der Waals surface area (Å²) in [5, 5.41) is 1.15. The number of rotatable bonds is 7. The van der Waals surface area contributed by atoms with Gasteiger partial charge in [0.2, 0.25) is 0 Å². The number of hydrogen-bond acceptors (Lipinski definition) is 6. The Bertz CT molecular complexity index is 1380. The Labute approximate surface area is 224 Å². The molecule has 202 valence electrons. The maximum atomic E-state index is 13.8. The number of nitrogens with one attached hydrogen (secondary N) is 1. The molecule has 0 amide bonds. The molecule has 7 heteroatoms. The Morgan fingerprint density at radius 3 is 2.55 bits per heavy atom. The number of aromatic amines is 1. The predicted molar refractivity (Wildman–Crippen MR) is 146 cm³/mol. The average Bonchev–Trinajstić information content (AvgIpc) is 3.27. The van der Waals surface area contributed by atoms with E-state index >= 15 is 0 Å². The molecular weight excluding hydrogens is 480 g/mol. The lowest BCUT2D eigenvalue weighted by Gasteiger charge is -2.57. The first kappa shape index (κ1) is 25.1. The molecule has 3 fully saturated rings. The predicted octanol–water partition coefficient (Wildman–Crippen LogP) is 4.87. The molecule has 4 bridgehead atoms. The van der Waals surface area contributed by atoms with Crippen LogP contribution in [0.5, 0.6) is 17.2 Å². The monoisotopic (exact) mass is 518 g/mol. The Balaban J connectivity index is 1.49. The second kappa shape index (κ2) is 9.53. The van der Waals surface area contributed by atoms with Crippen LogP contribution in [0.4, 0.5) is 0 Å². The molecule has 4 heterocycles. The Morgan fingerprint density at radius 2 is 1.84 bits per heavy atom. The van der Waals surface area contributed by atoms with Crippen molar-refractivity contribution in [2.45, 2.75) is 50.5 Å².